The Kier molecular flexibility index (Phi) is 5.28. The standard InChI is InChI=1S/C19H19N3O4/c1-25-15-7-3-13(4-8-15)17-18(14-5-9-16(26-2)10-6-14)21-22(11-12-23)19(24)20-17/h3-10,23H,11-12H2,1-2H3. The minimum absolute atomic E-state index is 0.0812. The molecular weight excluding hydrogens is 334 g/mol. The molecule has 1 heterocycles. The second kappa shape index (κ2) is 7.79. The van der Waals surface area contributed by atoms with Crippen LogP contribution >= 0.6 is 0 Å². The molecule has 0 aliphatic heterocycles. The molecule has 7 nitrogen and oxygen atoms in total. The number of methoxy groups -OCH3 is 2. The number of ether oxygens (including phenoxy) is 2. The average molecular weight is 353 g/mol. The minimum Gasteiger partial charge on any atom is -0.497 e. The van der Waals surface area contributed by atoms with Gasteiger partial charge in [0.25, 0.3) is 0 Å². The third-order valence-electron chi connectivity index (χ3n) is 3.91. The van der Waals surface area contributed by atoms with Crippen molar-refractivity contribution >= 4 is 0 Å². The van der Waals surface area contributed by atoms with Crippen molar-refractivity contribution in [1.29, 1.82) is 0 Å². The van der Waals surface area contributed by atoms with Gasteiger partial charge in [-0.05, 0) is 48.5 Å². The molecule has 26 heavy (non-hydrogen) atoms. The number of aliphatic hydroxyl groups excluding tert-OH is 1. The highest BCUT2D eigenvalue weighted by Crippen LogP contribution is 2.29. The Bertz CT molecular complexity index is 934. The summed E-state index contributed by atoms with van der Waals surface area (Å²) >= 11 is 0. The first kappa shape index (κ1) is 17.6. The van der Waals surface area contributed by atoms with Crippen LogP contribution in [0.25, 0.3) is 22.5 Å². The molecule has 0 atom stereocenters. The topological polar surface area (TPSA) is 86.5 Å². The van der Waals surface area contributed by atoms with Crippen molar-refractivity contribution in [2.45, 2.75) is 6.54 Å². The van der Waals surface area contributed by atoms with Crippen LogP contribution in [-0.2, 0) is 6.54 Å². The Morgan fingerprint density at radius 1 is 0.885 bits per heavy atom. The van der Waals surface area contributed by atoms with Gasteiger partial charge in [0, 0.05) is 11.1 Å². The zero-order chi connectivity index (χ0) is 18.5. The van der Waals surface area contributed by atoms with E-state index in [1.165, 1.54) is 0 Å². The molecule has 0 radical (unpaired) electrons. The van der Waals surface area contributed by atoms with Crippen molar-refractivity contribution in [3.8, 4) is 34.0 Å². The molecule has 2 aromatic carbocycles. The van der Waals surface area contributed by atoms with Crippen molar-refractivity contribution < 1.29 is 14.6 Å². The van der Waals surface area contributed by atoms with Gasteiger partial charge in [-0.2, -0.15) is 10.1 Å². The van der Waals surface area contributed by atoms with Crippen LogP contribution in [0.15, 0.2) is 53.3 Å². The van der Waals surface area contributed by atoms with Crippen LogP contribution in [0.4, 0.5) is 0 Å². The van der Waals surface area contributed by atoms with Crippen LogP contribution in [-0.4, -0.2) is 40.7 Å². The summed E-state index contributed by atoms with van der Waals surface area (Å²) in [4.78, 5) is 16.4. The van der Waals surface area contributed by atoms with Gasteiger partial charge in [0.1, 0.15) is 22.9 Å². The second-order valence-corrected chi connectivity index (χ2v) is 5.50. The number of nitrogens with zero attached hydrogens (tertiary/aromatic N) is 3. The van der Waals surface area contributed by atoms with Gasteiger partial charge in [-0.15, -0.1) is 0 Å². The third kappa shape index (κ3) is 3.57. The van der Waals surface area contributed by atoms with E-state index in [2.05, 4.69) is 10.1 Å². The molecule has 7 heteroatoms. The molecular formula is C19H19N3O4. The zero-order valence-electron chi connectivity index (χ0n) is 14.5. The van der Waals surface area contributed by atoms with Gasteiger partial charge in [0.05, 0.1) is 27.4 Å². The molecule has 1 aromatic heterocycles. The lowest BCUT2D eigenvalue weighted by atomic mass is 10.0. The summed E-state index contributed by atoms with van der Waals surface area (Å²) in [6.45, 7) is -0.115. The fourth-order valence-electron chi connectivity index (χ4n) is 2.55. The van der Waals surface area contributed by atoms with E-state index in [0.29, 0.717) is 17.1 Å². The Labute approximate surface area is 150 Å². The van der Waals surface area contributed by atoms with Crippen LogP contribution in [0, 0.1) is 0 Å². The van der Waals surface area contributed by atoms with Gasteiger partial charge >= 0.3 is 5.69 Å². The summed E-state index contributed by atoms with van der Waals surface area (Å²) < 4.78 is 11.5. The molecule has 0 saturated carbocycles. The molecule has 0 unspecified atom stereocenters. The SMILES string of the molecule is COc1ccc(-c2nc(=O)n(CCO)nc2-c2ccc(OC)cc2)cc1. The van der Waals surface area contributed by atoms with Crippen molar-refractivity contribution in [1.82, 2.24) is 14.8 Å². The second-order valence-electron chi connectivity index (χ2n) is 5.50. The highest BCUT2D eigenvalue weighted by Gasteiger charge is 2.15. The quantitative estimate of drug-likeness (QED) is 0.729. The molecule has 0 bridgehead atoms. The highest BCUT2D eigenvalue weighted by atomic mass is 16.5. The van der Waals surface area contributed by atoms with E-state index in [-0.39, 0.29) is 13.2 Å². The maximum absolute atomic E-state index is 12.2. The molecule has 1 N–H and O–H groups in total. The molecule has 0 aliphatic rings. The van der Waals surface area contributed by atoms with Crippen LogP contribution in [0.2, 0.25) is 0 Å². The molecule has 0 fully saturated rings. The van der Waals surface area contributed by atoms with Gasteiger partial charge in [-0.25, -0.2) is 9.48 Å². The third-order valence-corrected chi connectivity index (χ3v) is 3.91. The summed E-state index contributed by atoms with van der Waals surface area (Å²) in [5.74, 6) is 1.43. The number of aliphatic hydroxyl groups is 1. The van der Waals surface area contributed by atoms with Crippen LogP contribution in [0.3, 0.4) is 0 Å². The van der Waals surface area contributed by atoms with E-state index in [1.807, 2.05) is 36.4 Å². The summed E-state index contributed by atoms with van der Waals surface area (Å²) in [6, 6.07) is 14.6. The first-order chi connectivity index (χ1) is 12.7. The minimum atomic E-state index is -0.512. The number of benzene rings is 2. The largest absolute Gasteiger partial charge is 0.497 e. The Hall–Kier alpha value is -3.19. The number of hydrogen-bond donors (Lipinski definition) is 1. The van der Waals surface area contributed by atoms with E-state index in [0.717, 1.165) is 21.6 Å². The van der Waals surface area contributed by atoms with Crippen LogP contribution in [0.5, 0.6) is 11.5 Å². The maximum Gasteiger partial charge on any atom is 0.364 e. The lowest BCUT2D eigenvalue weighted by Crippen LogP contribution is -2.28. The first-order valence-corrected chi connectivity index (χ1v) is 8.05. The van der Waals surface area contributed by atoms with Crippen molar-refractivity contribution in [3.05, 3.63) is 59.0 Å². The summed E-state index contributed by atoms with van der Waals surface area (Å²) in [6.07, 6.45) is 0. The van der Waals surface area contributed by atoms with Gasteiger partial charge in [-0.1, -0.05) is 0 Å². The maximum atomic E-state index is 12.2. The summed E-state index contributed by atoms with van der Waals surface area (Å²) in [5.41, 5.74) is 2.04. The molecule has 134 valence electrons. The van der Waals surface area contributed by atoms with E-state index in [1.54, 1.807) is 26.4 Å². The molecule has 0 aliphatic carbocycles. The predicted octanol–water partition coefficient (Wildman–Crippen LogP) is 1.98. The fraction of sp³-hybridized carbons (Fsp3) is 0.211. The normalized spacial score (nSPS) is 10.6. The van der Waals surface area contributed by atoms with E-state index in [9.17, 15) is 4.79 Å². The Balaban J connectivity index is 2.17. The van der Waals surface area contributed by atoms with E-state index >= 15 is 0 Å². The van der Waals surface area contributed by atoms with Gasteiger partial charge in [0.15, 0.2) is 0 Å². The Morgan fingerprint density at radius 3 is 1.85 bits per heavy atom. The number of hydrogen-bond acceptors (Lipinski definition) is 6. The van der Waals surface area contributed by atoms with Gasteiger partial charge in [-0.3, -0.25) is 0 Å². The summed E-state index contributed by atoms with van der Waals surface area (Å²) in [7, 11) is 3.19. The van der Waals surface area contributed by atoms with Gasteiger partial charge in [0.2, 0.25) is 0 Å². The fourth-order valence-corrected chi connectivity index (χ4v) is 2.55. The number of aromatic nitrogens is 3. The van der Waals surface area contributed by atoms with Crippen molar-refractivity contribution in [3.63, 3.8) is 0 Å². The molecule has 0 saturated heterocycles. The van der Waals surface area contributed by atoms with Crippen LogP contribution in [0.1, 0.15) is 0 Å². The summed E-state index contributed by atoms with van der Waals surface area (Å²) in [5, 5.41) is 13.6. The molecule has 0 amide bonds. The van der Waals surface area contributed by atoms with E-state index in [4.69, 9.17) is 14.6 Å². The van der Waals surface area contributed by atoms with E-state index < -0.39 is 5.69 Å². The number of rotatable bonds is 6. The lowest BCUT2D eigenvalue weighted by Gasteiger charge is -2.12. The van der Waals surface area contributed by atoms with Crippen LogP contribution < -0.4 is 15.2 Å². The van der Waals surface area contributed by atoms with Crippen molar-refractivity contribution in [2.24, 2.45) is 0 Å². The van der Waals surface area contributed by atoms with Gasteiger partial charge < -0.3 is 14.6 Å². The smallest absolute Gasteiger partial charge is 0.364 e. The molecule has 3 rings (SSSR count). The highest BCUT2D eigenvalue weighted by molar-refractivity contribution is 5.77. The molecule has 3 aromatic rings. The predicted molar refractivity (Wildman–Crippen MR) is 97.4 cm³/mol. The average Bonchev–Trinajstić information content (AvgIpc) is 2.69. The molecule has 0 spiro atoms. The first-order valence-electron chi connectivity index (χ1n) is 8.05. The van der Waals surface area contributed by atoms with Crippen molar-refractivity contribution in [2.75, 3.05) is 20.8 Å². The zero-order valence-corrected chi connectivity index (χ0v) is 14.5. The lowest BCUT2D eigenvalue weighted by molar-refractivity contribution is 0.265. The monoisotopic (exact) mass is 353 g/mol. The Morgan fingerprint density at radius 2 is 1.38 bits per heavy atom.